The fourth-order valence-corrected chi connectivity index (χ4v) is 6.54. The first-order chi connectivity index (χ1) is 19.0. The Balaban J connectivity index is 1.28. The molecule has 0 radical (unpaired) electrons. The van der Waals surface area contributed by atoms with Crippen LogP contribution in [0.15, 0.2) is 34.3 Å². The summed E-state index contributed by atoms with van der Waals surface area (Å²) in [5.74, 6) is 1.78. The van der Waals surface area contributed by atoms with Crippen LogP contribution in [0.3, 0.4) is 0 Å². The molecule has 39 heavy (non-hydrogen) atoms. The van der Waals surface area contributed by atoms with Crippen LogP contribution in [0.1, 0.15) is 76.8 Å². The Kier molecular flexibility index (Phi) is 10.8. The number of aliphatic imine (C=N–C) groups is 1. The van der Waals surface area contributed by atoms with Gasteiger partial charge in [-0.2, -0.15) is 0 Å². The van der Waals surface area contributed by atoms with Crippen molar-refractivity contribution >= 4 is 40.3 Å². The first kappa shape index (κ1) is 29.1. The van der Waals surface area contributed by atoms with Gasteiger partial charge in [-0.25, -0.2) is 4.98 Å². The van der Waals surface area contributed by atoms with Crippen molar-refractivity contribution in [2.24, 2.45) is 16.8 Å². The highest BCUT2D eigenvalue weighted by atomic mass is 35.5. The lowest BCUT2D eigenvalue weighted by Gasteiger charge is -2.29. The van der Waals surface area contributed by atoms with E-state index in [0.717, 1.165) is 107 Å². The number of ether oxygens (including phenoxy) is 2. The van der Waals surface area contributed by atoms with E-state index in [-0.39, 0.29) is 0 Å². The van der Waals surface area contributed by atoms with Crippen LogP contribution >= 0.6 is 23.2 Å². The highest BCUT2D eigenvalue weighted by Gasteiger charge is 2.25. The minimum Gasteiger partial charge on any atom is -0.381 e. The van der Waals surface area contributed by atoms with Gasteiger partial charge in [0.2, 0.25) is 0 Å². The maximum Gasteiger partial charge on any atom is 0.126 e. The van der Waals surface area contributed by atoms with Crippen molar-refractivity contribution in [2.45, 2.75) is 89.3 Å². The summed E-state index contributed by atoms with van der Waals surface area (Å²) in [6.07, 6.45) is 15.7. The molecule has 0 bridgehead atoms. The number of allylic oxidation sites excluding steroid dienone is 4. The summed E-state index contributed by atoms with van der Waals surface area (Å²) in [6.45, 7) is 6.74. The van der Waals surface area contributed by atoms with Gasteiger partial charge in [0.05, 0.1) is 22.9 Å². The van der Waals surface area contributed by atoms with Gasteiger partial charge in [0.15, 0.2) is 0 Å². The van der Waals surface area contributed by atoms with Crippen LogP contribution in [0, 0.1) is 11.8 Å². The molecule has 1 aromatic heterocycles. The summed E-state index contributed by atoms with van der Waals surface area (Å²) in [4.78, 5) is 10.2. The second-order valence-electron chi connectivity index (χ2n) is 11.7. The van der Waals surface area contributed by atoms with E-state index in [0.29, 0.717) is 40.1 Å². The van der Waals surface area contributed by atoms with E-state index in [9.17, 15) is 0 Å². The lowest BCUT2D eigenvalue weighted by atomic mass is 9.89. The van der Waals surface area contributed by atoms with Crippen LogP contribution in [0.2, 0.25) is 5.02 Å². The number of anilines is 1. The van der Waals surface area contributed by atoms with Crippen LogP contribution < -0.4 is 10.6 Å². The highest BCUT2D eigenvalue weighted by molar-refractivity contribution is 6.39. The van der Waals surface area contributed by atoms with E-state index in [1.807, 2.05) is 12.1 Å². The first-order valence-electron chi connectivity index (χ1n) is 15.0. The number of hydrogen-bond acceptors (Lipinski definition) is 6. The second kappa shape index (κ2) is 14.5. The van der Waals surface area contributed by atoms with Gasteiger partial charge in [-0.1, -0.05) is 36.2 Å². The molecular weight excluding hydrogens is 531 g/mol. The van der Waals surface area contributed by atoms with Crippen molar-refractivity contribution in [3.05, 3.63) is 40.0 Å². The number of pyridine rings is 1. The summed E-state index contributed by atoms with van der Waals surface area (Å²) in [5, 5.41) is 8.58. The maximum absolute atomic E-state index is 6.87. The van der Waals surface area contributed by atoms with Gasteiger partial charge in [-0.3, -0.25) is 4.99 Å². The summed E-state index contributed by atoms with van der Waals surface area (Å²) in [7, 11) is 0. The zero-order valence-electron chi connectivity index (χ0n) is 23.3. The number of aromatic nitrogens is 1. The fraction of sp³-hybridized carbons (Fsp3) is 0.677. The largest absolute Gasteiger partial charge is 0.381 e. The van der Waals surface area contributed by atoms with Crippen molar-refractivity contribution in [1.29, 1.82) is 0 Å². The predicted octanol–water partition coefficient (Wildman–Crippen LogP) is 7.03. The molecule has 2 unspecified atom stereocenters. The Morgan fingerprint density at radius 1 is 0.974 bits per heavy atom. The normalized spacial score (nSPS) is 31.3. The zero-order chi connectivity index (χ0) is 27.0. The van der Waals surface area contributed by atoms with Crippen LogP contribution in [-0.4, -0.2) is 61.8 Å². The molecule has 4 aliphatic rings. The van der Waals surface area contributed by atoms with Crippen molar-refractivity contribution in [3.63, 3.8) is 0 Å². The van der Waals surface area contributed by atoms with E-state index >= 15 is 0 Å². The van der Waals surface area contributed by atoms with E-state index < -0.39 is 0 Å². The molecule has 3 heterocycles. The van der Waals surface area contributed by atoms with Crippen molar-refractivity contribution in [1.82, 2.24) is 10.3 Å². The standard InChI is InChI=1S/C31H44Cl2N4O2/c1-21-4-2-6-27(32)26(31-28(33)11-12-30(37-31)35-19-22-13-16-38-17-14-22)18-29(21)36-24-9-7-23(8-10-24)34-20-25-5-3-15-39-25/h6,11-12,18,21-25,34H,2-5,7-10,13-17,19-20H2,1H3,(H,35,37)/b26-18+,27-6?,36-29?. The molecule has 0 spiro atoms. The lowest BCUT2D eigenvalue weighted by Crippen LogP contribution is -2.38. The van der Waals surface area contributed by atoms with Gasteiger partial charge in [0.25, 0.3) is 0 Å². The highest BCUT2D eigenvalue weighted by Crippen LogP contribution is 2.35. The molecule has 1 saturated carbocycles. The minimum absolute atomic E-state index is 0.346. The molecule has 8 heteroatoms. The molecule has 214 valence electrons. The Morgan fingerprint density at radius 3 is 2.56 bits per heavy atom. The Labute approximate surface area is 244 Å². The average molecular weight is 576 g/mol. The number of halogens is 2. The molecule has 2 atom stereocenters. The Hall–Kier alpha value is -1.44. The lowest BCUT2D eigenvalue weighted by molar-refractivity contribution is 0.0699. The molecule has 0 aromatic carbocycles. The summed E-state index contributed by atoms with van der Waals surface area (Å²) in [6, 6.07) is 4.79. The topological polar surface area (TPSA) is 67.8 Å². The van der Waals surface area contributed by atoms with Crippen molar-refractivity contribution < 1.29 is 9.47 Å². The monoisotopic (exact) mass is 574 g/mol. The quantitative estimate of drug-likeness (QED) is 0.348. The summed E-state index contributed by atoms with van der Waals surface area (Å²) < 4.78 is 11.3. The Bertz CT molecular complexity index is 1040. The number of nitrogens with one attached hydrogen (secondary N) is 2. The Morgan fingerprint density at radius 2 is 1.79 bits per heavy atom. The predicted molar refractivity (Wildman–Crippen MR) is 162 cm³/mol. The molecule has 6 nitrogen and oxygen atoms in total. The molecular formula is C31H44Cl2N4O2. The first-order valence-corrected chi connectivity index (χ1v) is 15.8. The van der Waals surface area contributed by atoms with Gasteiger partial charge in [0.1, 0.15) is 5.82 Å². The third-order valence-corrected chi connectivity index (χ3v) is 9.34. The number of hydrogen-bond donors (Lipinski definition) is 2. The van der Waals surface area contributed by atoms with Gasteiger partial charge >= 0.3 is 0 Å². The summed E-state index contributed by atoms with van der Waals surface area (Å²) >= 11 is 13.6. The van der Waals surface area contributed by atoms with Crippen molar-refractivity contribution in [3.8, 4) is 0 Å². The minimum atomic E-state index is 0.346. The van der Waals surface area contributed by atoms with E-state index in [4.69, 9.17) is 42.7 Å². The maximum atomic E-state index is 6.87. The van der Waals surface area contributed by atoms with Gasteiger partial charge in [-0.15, -0.1) is 0 Å². The molecule has 3 fully saturated rings. The van der Waals surface area contributed by atoms with E-state index in [1.54, 1.807) is 0 Å². The molecule has 2 saturated heterocycles. The van der Waals surface area contributed by atoms with Gasteiger partial charge in [0, 0.05) is 55.3 Å². The zero-order valence-corrected chi connectivity index (χ0v) is 24.8. The van der Waals surface area contributed by atoms with Crippen LogP contribution in [0.4, 0.5) is 5.82 Å². The SMILES string of the molecule is CC1CCC=C(Cl)/C(c2nc(NCC3CCOCC3)ccc2Cl)=C\C1=NC1CCC(NCC2CCCO2)CC1. The van der Waals surface area contributed by atoms with Crippen LogP contribution in [0.5, 0.6) is 0 Å². The van der Waals surface area contributed by atoms with Gasteiger partial charge in [-0.05, 0) is 94.3 Å². The van der Waals surface area contributed by atoms with Crippen LogP contribution in [-0.2, 0) is 9.47 Å². The molecule has 5 rings (SSSR count). The molecule has 0 amide bonds. The second-order valence-corrected chi connectivity index (χ2v) is 12.5. The molecule has 2 aliphatic heterocycles. The number of rotatable bonds is 8. The van der Waals surface area contributed by atoms with Crippen molar-refractivity contribution in [2.75, 3.05) is 38.2 Å². The molecule has 2 aliphatic carbocycles. The smallest absolute Gasteiger partial charge is 0.126 e. The third kappa shape index (κ3) is 8.29. The number of nitrogens with zero attached hydrogens (tertiary/aromatic N) is 2. The fourth-order valence-electron chi connectivity index (χ4n) is 6.08. The van der Waals surface area contributed by atoms with E-state index in [2.05, 4.69) is 29.7 Å². The average Bonchev–Trinajstić information content (AvgIpc) is 3.48. The van der Waals surface area contributed by atoms with E-state index in [1.165, 1.54) is 12.8 Å². The van der Waals surface area contributed by atoms with Crippen LogP contribution in [0.25, 0.3) is 5.57 Å². The van der Waals surface area contributed by atoms with Gasteiger partial charge < -0.3 is 20.1 Å². The third-order valence-electron chi connectivity index (χ3n) is 8.68. The molecule has 2 N–H and O–H groups in total. The summed E-state index contributed by atoms with van der Waals surface area (Å²) in [5.41, 5.74) is 2.71. The molecule has 1 aromatic rings.